The molecule has 0 saturated carbocycles. The van der Waals surface area contributed by atoms with Crippen molar-refractivity contribution in [1.29, 1.82) is 0 Å². The van der Waals surface area contributed by atoms with Gasteiger partial charge in [-0.25, -0.2) is 0 Å². The number of carbonyl (C=O) groups excluding carboxylic acids is 2. The van der Waals surface area contributed by atoms with Crippen LogP contribution in [-0.2, 0) is 4.79 Å². The molecule has 2 heterocycles. The van der Waals surface area contributed by atoms with Gasteiger partial charge in [-0.3, -0.25) is 14.6 Å². The fourth-order valence-electron chi connectivity index (χ4n) is 2.52. The van der Waals surface area contributed by atoms with E-state index in [9.17, 15) is 9.59 Å². The molecule has 7 nitrogen and oxygen atoms in total. The average Bonchev–Trinajstić information content (AvgIpc) is 2.52. The summed E-state index contributed by atoms with van der Waals surface area (Å²) < 4.78 is 0. The summed E-state index contributed by atoms with van der Waals surface area (Å²) in [6, 6.07) is 3.50. The molecule has 2 rings (SSSR count). The van der Waals surface area contributed by atoms with Crippen molar-refractivity contribution in [3.8, 4) is 0 Å². The summed E-state index contributed by atoms with van der Waals surface area (Å²) in [4.78, 5) is 29.2. The predicted octanol–water partition coefficient (Wildman–Crippen LogP) is -0.528. The molecule has 114 valence electrons. The Hall–Kier alpha value is -2.15. The van der Waals surface area contributed by atoms with E-state index >= 15 is 0 Å². The molecule has 1 unspecified atom stereocenters. The first-order valence-electron chi connectivity index (χ1n) is 7.10. The van der Waals surface area contributed by atoms with Gasteiger partial charge in [-0.15, -0.1) is 0 Å². The third kappa shape index (κ3) is 3.91. The minimum Gasteiger partial charge on any atom is -0.371 e. The van der Waals surface area contributed by atoms with Crippen molar-refractivity contribution in [3.05, 3.63) is 24.0 Å². The molecule has 2 amide bonds. The second-order valence-corrected chi connectivity index (χ2v) is 5.13. The molecule has 1 aliphatic rings. The van der Waals surface area contributed by atoms with Crippen LogP contribution in [0.1, 0.15) is 23.3 Å². The Labute approximate surface area is 123 Å². The summed E-state index contributed by atoms with van der Waals surface area (Å²) in [5.41, 5.74) is 11.7. The second-order valence-electron chi connectivity index (χ2n) is 5.13. The number of primary amides is 1. The molecule has 1 fully saturated rings. The molecule has 21 heavy (non-hydrogen) atoms. The van der Waals surface area contributed by atoms with E-state index in [-0.39, 0.29) is 17.5 Å². The zero-order valence-corrected chi connectivity index (χ0v) is 11.9. The fraction of sp³-hybridized carbons (Fsp3) is 0.500. The minimum absolute atomic E-state index is 0.0364. The first-order valence-corrected chi connectivity index (χ1v) is 7.10. The van der Waals surface area contributed by atoms with Gasteiger partial charge in [0.15, 0.2) is 0 Å². The van der Waals surface area contributed by atoms with E-state index < -0.39 is 5.91 Å². The number of nitrogens with zero attached hydrogens (tertiary/aromatic N) is 2. The highest BCUT2D eigenvalue weighted by atomic mass is 16.2. The van der Waals surface area contributed by atoms with Gasteiger partial charge < -0.3 is 21.7 Å². The smallest absolute Gasteiger partial charge is 0.267 e. The van der Waals surface area contributed by atoms with Crippen LogP contribution < -0.4 is 21.7 Å². The standard InChI is InChI=1S/C14H21N5O2/c15-4-6-18-14(21)10-2-1-7-19(9-10)11-3-5-17-12(8-11)13(16)20/h3,5,8,10H,1-2,4,6-7,9,15H2,(H2,16,20)(H,18,21). The molecule has 1 aliphatic heterocycles. The van der Waals surface area contributed by atoms with Crippen LogP contribution in [0.5, 0.6) is 0 Å². The lowest BCUT2D eigenvalue weighted by molar-refractivity contribution is -0.125. The Morgan fingerprint density at radius 1 is 1.48 bits per heavy atom. The highest BCUT2D eigenvalue weighted by Crippen LogP contribution is 2.23. The fourth-order valence-corrected chi connectivity index (χ4v) is 2.52. The number of carbonyl (C=O) groups is 2. The van der Waals surface area contributed by atoms with Gasteiger partial charge in [-0.05, 0) is 25.0 Å². The van der Waals surface area contributed by atoms with Crippen LogP contribution in [0.15, 0.2) is 18.3 Å². The van der Waals surface area contributed by atoms with Crippen molar-refractivity contribution >= 4 is 17.5 Å². The Bertz CT molecular complexity index is 520. The maximum absolute atomic E-state index is 12.0. The third-order valence-electron chi connectivity index (χ3n) is 3.60. The summed E-state index contributed by atoms with van der Waals surface area (Å²) in [5.74, 6) is -0.573. The van der Waals surface area contributed by atoms with Crippen molar-refractivity contribution in [2.75, 3.05) is 31.1 Å². The maximum Gasteiger partial charge on any atom is 0.267 e. The van der Waals surface area contributed by atoms with Crippen molar-refractivity contribution in [3.63, 3.8) is 0 Å². The SMILES string of the molecule is NCCNC(=O)C1CCCN(c2ccnc(C(N)=O)c2)C1. The van der Waals surface area contributed by atoms with Gasteiger partial charge in [-0.2, -0.15) is 0 Å². The lowest BCUT2D eigenvalue weighted by Gasteiger charge is -2.33. The van der Waals surface area contributed by atoms with E-state index in [2.05, 4.69) is 15.2 Å². The molecule has 1 atom stereocenters. The van der Waals surface area contributed by atoms with Gasteiger partial charge >= 0.3 is 0 Å². The highest BCUT2D eigenvalue weighted by molar-refractivity contribution is 5.91. The molecule has 0 aromatic carbocycles. The second kappa shape index (κ2) is 7.03. The molecule has 7 heteroatoms. The minimum atomic E-state index is -0.550. The normalized spacial score (nSPS) is 18.3. The number of pyridine rings is 1. The van der Waals surface area contributed by atoms with Crippen molar-refractivity contribution in [2.24, 2.45) is 17.4 Å². The highest BCUT2D eigenvalue weighted by Gasteiger charge is 2.26. The zero-order valence-electron chi connectivity index (χ0n) is 11.9. The van der Waals surface area contributed by atoms with E-state index in [1.165, 1.54) is 0 Å². The average molecular weight is 291 g/mol. The molecule has 5 N–H and O–H groups in total. The Morgan fingerprint density at radius 3 is 3.00 bits per heavy atom. The van der Waals surface area contributed by atoms with Gasteiger partial charge in [0.05, 0.1) is 5.92 Å². The van der Waals surface area contributed by atoms with Gasteiger partial charge in [0.25, 0.3) is 5.91 Å². The zero-order chi connectivity index (χ0) is 15.2. The van der Waals surface area contributed by atoms with Crippen LogP contribution in [0.3, 0.4) is 0 Å². The quantitative estimate of drug-likeness (QED) is 0.675. The van der Waals surface area contributed by atoms with E-state index in [4.69, 9.17) is 11.5 Å². The summed E-state index contributed by atoms with van der Waals surface area (Å²) in [6.45, 7) is 2.41. The van der Waals surface area contributed by atoms with Crippen LogP contribution in [0.25, 0.3) is 0 Å². The van der Waals surface area contributed by atoms with E-state index in [1.54, 1.807) is 12.3 Å². The van der Waals surface area contributed by atoms with Crippen molar-refractivity contribution in [1.82, 2.24) is 10.3 Å². The number of aromatic nitrogens is 1. The summed E-state index contributed by atoms with van der Waals surface area (Å²) >= 11 is 0. The van der Waals surface area contributed by atoms with Crippen LogP contribution in [0.2, 0.25) is 0 Å². The van der Waals surface area contributed by atoms with Crippen molar-refractivity contribution in [2.45, 2.75) is 12.8 Å². The number of rotatable bonds is 5. The lowest BCUT2D eigenvalue weighted by atomic mass is 9.96. The van der Waals surface area contributed by atoms with Crippen LogP contribution in [0.4, 0.5) is 5.69 Å². The first kappa shape index (κ1) is 15.2. The molecule has 0 radical (unpaired) electrons. The number of hydrogen-bond donors (Lipinski definition) is 3. The van der Waals surface area contributed by atoms with Crippen LogP contribution >= 0.6 is 0 Å². The molecular weight excluding hydrogens is 270 g/mol. The summed E-state index contributed by atoms with van der Waals surface area (Å²) in [6.07, 6.45) is 3.35. The van der Waals surface area contributed by atoms with E-state index in [0.29, 0.717) is 19.6 Å². The Kier molecular flexibility index (Phi) is 5.10. The topological polar surface area (TPSA) is 114 Å². The number of nitrogens with two attached hydrogens (primary N) is 2. The van der Waals surface area contributed by atoms with Gasteiger partial charge in [0.1, 0.15) is 5.69 Å². The summed E-state index contributed by atoms with van der Waals surface area (Å²) in [5, 5.41) is 2.83. The summed E-state index contributed by atoms with van der Waals surface area (Å²) in [7, 11) is 0. The molecule has 1 aromatic heterocycles. The number of piperidine rings is 1. The molecule has 0 bridgehead atoms. The number of anilines is 1. The largest absolute Gasteiger partial charge is 0.371 e. The molecule has 0 spiro atoms. The molecule has 1 saturated heterocycles. The first-order chi connectivity index (χ1) is 10.1. The number of amides is 2. The molecule has 1 aromatic rings. The van der Waals surface area contributed by atoms with Gasteiger partial charge in [0.2, 0.25) is 5.91 Å². The van der Waals surface area contributed by atoms with Gasteiger partial charge in [-0.1, -0.05) is 0 Å². The lowest BCUT2D eigenvalue weighted by Crippen LogP contribution is -2.44. The van der Waals surface area contributed by atoms with Crippen molar-refractivity contribution < 1.29 is 9.59 Å². The predicted molar refractivity (Wildman–Crippen MR) is 79.8 cm³/mol. The van der Waals surface area contributed by atoms with E-state index in [0.717, 1.165) is 25.1 Å². The maximum atomic E-state index is 12.0. The molecule has 0 aliphatic carbocycles. The molecular formula is C14H21N5O2. The third-order valence-corrected chi connectivity index (χ3v) is 3.60. The van der Waals surface area contributed by atoms with E-state index in [1.807, 2.05) is 6.07 Å². The van der Waals surface area contributed by atoms with Crippen LogP contribution in [0, 0.1) is 5.92 Å². The number of hydrogen-bond acceptors (Lipinski definition) is 5. The number of nitrogens with one attached hydrogen (secondary N) is 1. The van der Waals surface area contributed by atoms with Crippen LogP contribution in [-0.4, -0.2) is 43.0 Å². The Morgan fingerprint density at radius 2 is 2.29 bits per heavy atom. The Balaban J connectivity index is 2.05. The van der Waals surface area contributed by atoms with Gasteiger partial charge in [0, 0.05) is 38.1 Å². The monoisotopic (exact) mass is 291 g/mol.